The molecule has 0 atom stereocenters. The average molecular weight is 340 g/mol. The van der Waals surface area contributed by atoms with Crippen molar-refractivity contribution >= 4 is 12.3 Å². The Morgan fingerprint density at radius 3 is 2.04 bits per heavy atom. The van der Waals surface area contributed by atoms with Crippen molar-refractivity contribution < 1.29 is 14.3 Å². The van der Waals surface area contributed by atoms with Crippen molar-refractivity contribution in [2.24, 2.45) is 0 Å². The summed E-state index contributed by atoms with van der Waals surface area (Å²) in [6.45, 7) is 8.89. The molecule has 0 spiro atoms. The van der Waals surface area contributed by atoms with Crippen molar-refractivity contribution in [2.45, 2.75) is 109 Å². The van der Waals surface area contributed by atoms with Crippen LogP contribution in [0.15, 0.2) is 0 Å². The Labute approximate surface area is 148 Å². The standard InChI is InChI=1S/C20H37NO3/c1-19(2)15-17(16-20(3,4)21(19)5)24-18(23)13-11-9-7-6-8-10-12-14-22/h14,17H,6-13,15-16H2,1-5H3. The van der Waals surface area contributed by atoms with Gasteiger partial charge in [0.2, 0.25) is 0 Å². The molecule has 0 N–H and O–H groups in total. The maximum absolute atomic E-state index is 12.1. The largest absolute Gasteiger partial charge is 0.462 e. The number of esters is 1. The van der Waals surface area contributed by atoms with Gasteiger partial charge in [0.05, 0.1) is 0 Å². The van der Waals surface area contributed by atoms with Gasteiger partial charge < -0.3 is 9.53 Å². The Morgan fingerprint density at radius 2 is 1.50 bits per heavy atom. The number of carbonyl (C=O) groups excluding carboxylic acids is 2. The molecule has 24 heavy (non-hydrogen) atoms. The number of likely N-dealkylation sites (tertiary alicyclic amines) is 1. The topological polar surface area (TPSA) is 46.6 Å². The number of rotatable bonds is 10. The molecule has 0 radical (unpaired) electrons. The molecule has 140 valence electrons. The van der Waals surface area contributed by atoms with Gasteiger partial charge in [0.15, 0.2) is 0 Å². The summed E-state index contributed by atoms with van der Waals surface area (Å²) < 4.78 is 5.77. The highest BCUT2D eigenvalue weighted by atomic mass is 16.5. The lowest BCUT2D eigenvalue weighted by atomic mass is 9.79. The molecule has 4 heteroatoms. The van der Waals surface area contributed by atoms with Gasteiger partial charge in [-0.1, -0.05) is 25.7 Å². The van der Waals surface area contributed by atoms with E-state index in [9.17, 15) is 9.59 Å². The minimum atomic E-state index is -0.0443. The number of unbranched alkanes of at least 4 members (excludes halogenated alkanes) is 6. The Balaban J connectivity index is 2.22. The van der Waals surface area contributed by atoms with E-state index in [1.165, 1.54) is 0 Å². The molecule has 1 heterocycles. The first-order valence-electron chi connectivity index (χ1n) is 9.56. The molecule has 1 fully saturated rings. The minimum Gasteiger partial charge on any atom is -0.462 e. The van der Waals surface area contributed by atoms with Gasteiger partial charge in [-0.3, -0.25) is 9.69 Å². The van der Waals surface area contributed by atoms with Gasteiger partial charge in [0.1, 0.15) is 12.4 Å². The molecule has 0 aliphatic carbocycles. The summed E-state index contributed by atoms with van der Waals surface area (Å²) in [5, 5.41) is 0. The Bertz CT molecular complexity index is 386. The molecule has 1 rings (SSSR count). The molecule has 1 aliphatic heterocycles. The van der Waals surface area contributed by atoms with E-state index in [4.69, 9.17) is 4.74 Å². The summed E-state index contributed by atoms with van der Waals surface area (Å²) in [7, 11) is 2.16. The molecule has 1 saturated heterocycles. The summed E-state index contributed by atoms with van der Waals surface area (Å²) in [6, 6.07) is 0. The van der Waals surface area contributed by atoms with Crippen molar-refractivity contribution in [3.8, 4) is 0 Å². The van der Waals surface area contributed by atoms with E-state index in [2.05, 4.69) is 39.6 Å². The lowest BCUT2D eigenvalue weighted by Crippen LogP contribution is -2.60. The van der Waals surface area contributed by atoms with Gasteiger partial charge in [-0.2, -0.15) is 0 Å². The lowest BCUT2D eigenvalue weighted by molar-refractivity contribution is -0.159. The van der Waals surface area contributed by atoms with Crippen LogP contribution < -0.4 is 0 Å². The van der Waals surface area contributed by atoms with Crippen molar-refractivity contribution in [2.75, 3.05) is 7.05 Å². The third kappa shape index (κ3) is 6.92. The van der Waals surface area contributed by atoms with Crippen molar-refractivity contribution in [3.63, 3.8) is 0 Å². The predicted octanol–water partition coefficient (Wildman–Crippen LogP) is 4.50. The predicted molar refractivity (Wildman–Crippen MR) is 98.0 cm³/mol. The van der Waals surface area contributed by atoms with Crippen LogP contribution in [-0.2, 0) is 14.3 Å². The fourth-order valence-corrected chi connectivity index (χ4v) is 3.81. The zero-order valence-electron chi connectivity index (χ0n) is 16.4. The first kappa shape index (κ1) is 21.1. The van der Waals surface area contributed by atoms with Gasteiger partial charge in [-0.05, 0) is 47.6 Å². The molecular formula is C20H37NO3. The Kier molecular flexibility index (Phi) is 8.41. The summed E-state index contributed by atoms with van der Waals surface area (Å²) >= 11 is 0. The minimum absolute atomic E-state index is 0.0297. The Hall–Kier alpha value is -0.900. The summed E-state index contributed by atoms with van der Waals surface area (Å²) in [6.07, 6.45) is 10.4. The van der Waals surface area contributed by atoms with Gasteiger partial charge in [0, 0.05) is 36.8 Å². The van der Waals surface area contributed by atoms with Crippen LogP contribution in [0.2, 0.25) is 0 Å². The molecule has 0 saturated carbocycles. The first-order chi connectivity index (χ1) is 11.2. The zero-order valence-corrected chi connectivity index (χ0v) is 16.4. The molecule has 0 unspecified atom stereocenters. The number of piperidine rings is 1. The van der Waals surface area contributed by atoms with Gasteiger partial charge in [-0.15, -0.1) is 0 Å². The van der Waals surface area contributed by atoms with Crippen LogP contribution >= 0.6 is 0 Å². The van der Waals surface area contributed by atoms with E-state index in [-0.39, 0.29) is 23.2 Å². The Morgan fingerprint density at radius 1 is 1.00 bits per heavy atom. The van der Waals surface area contributed by atoms with Gasteiger partial charge in [0.25, 0.3) is 0 Å². The highest BCUT2D eigenvalue weighted by Crippen LogP contribution is 2.38. The van der Waals surface area contributed by atoms with Gasteiger partial charge in [-0.25, -0.2) is 0 Å². The number of carbonyl (C=O) groups is 2. The maximum atomic E-state index is 12.1. The second-order valence-electron chi connectivity index (χ2n) is 8.53. The zero-order chi connectivity index (χ0) is 18.2. The second kappa shape index (κ2) is 9.55. The number of hydrogen-bond acceptors (Lipinski definition) is 4. The third-order valence-corrected chi connectivity index (χ3v) is 5.52. The number of nitrogens with zero attached hydrogens (tertiary/aromatic N) is 1. The van der Waals surface area contributed by atoms with Crippen LogP contribution in [0.1, 0.15) is 91.9 Å². The highest BCUT2D eigenvalue weighted by Gasteiger charge is 2.44. The summed E-state index contributed by atoms with van der Waals surface area (Å²) in [5.74, 6) is -0.0443. The monoisotopic (exact) mass is 339 g/mol. The van der Waals surface area contributed by atoms with Crippen molar-refractivity contribution in [1.29, 1.82) is 0 Å². The first-order valence-corrected chi connectivity index (χ1v) is 9.56. The van der Waals surface area contributed by atoms with Crippen LogP contribution in [0.25, 0.3) is 0 Å². The van der Waals surface area contributed by atoms with Crippen LogP contribution in [0.3, 0.4) is 0 Å². The van der Waals surface area contributed by atoms with Crippen molar-refractivity contribution in [3.05, 3.63) is 0 Å². The van der Waals surface area contributed by atoms with E-state index < -0.39 is 0 Å². The van der Waals surface area contributed by atoms with E-state index in [0.717, 1.165) is 57.7 Å². The van der Waals surface area contributed by atoms with E-state index in [0.29, 0.717) is 12.8 Å². The number of ether oxygens (including phenoxy) is 1. The normalized spacial score (nSPS) is 20.7. The molecule has 0 aromatic heterocycles. The fourth-order valence-electron chi connectivity index (χ4n) is 3.81. The maximum Gasteiger partial charge on any atom is 0.306 e. The highest BCUT2D eigenvalue weighted by molar-refractivity contribution is 5.69. The summed E-state index contributed by atoms with van der Waals surface area (Å²) in [4.78, 5) is 24.7. The lowest BCUT2D eigenvalue weighted by Gasteiger charge is -2.53. The number of aldehydes is 1. The molecular weight excluding hydrogens is 302 g/mol. The fraction of sp³-hybridized carbons (Fsp3) is 0.900. The van der Waals surface area contributed by atoms with Crippen LogP contribution in [0, 0.1) is 0 Å². The molecule has 0 bridgehead atoms. The molecule has 0 amide bonds. The molecule has 4 nitrogen and oxygen atoms in total. The van der Waals surface area contributed by atoms with Crippen molar-refractivity contribution in [1.82, 2.24) is 4.90 Å². The molecule has 0 aromatic rings. The van der Waals surface area contributed by atoms with Crippen LogP contribution in [0.4, 0.5) is 0 Å². The number of hydrogen-bond donors (Lipinski definition) is 0. The van der Waals surface area contributed by atoms with Gasteiger partial charge >= 0.3 is 5.97 Å². The average Bonchev–Trinajstić information content (AvgIpc) is 2.47. The van der Waals surface area contributed by atoms with Crippen LogP contribution in [-0.4, -0.2) is 41.4 Å². The van der Waals surface area contributed by atoms with E-state index in [1.54, 1.807) is 0 Å². The molecule has 1 aliphatic rings. The quantitative estimate of drug-likeness (QED) is 0.334. The molecule has 0 aromatic carbocycles. The summed E-state index contributed by atoms with van der Waals surface area (Å²) in [5.41, 5.74) is 0.0996. The smallest absolute Gasteiger partial charge is 0.306 e. The van der Waals surface area contributed by atoms with E-state index in [1.807, 2.05) is 0 Å². The SMILES string of the molecule is CN1C(C)(C)CC(OC(=O)CCCCCCCCC=O)CC1(C)C. The second-order valence-corrected chi connectivity index (χ2v) is 8.53. The third-order valence-electron chi connectivity index (χ3n) is 5.52. The van der Waals surface area contributed by atoms with Crippen LogP contribution in [0.5, 0.6) is 0 Å². The van der Waals surface area contributed by atoms with E-state index >= 15 is 0 Å².